The lowest BCUT2D eigenvalue weighted by atomic mass is 9.54. The predicted octanol–water partition coefficient (Wildman–Crippen LogP) is 6.29. The number of pyridine rings is 1. The lowest BCUT2D eigenvalue weighted by Gasteiger charge is -2.54. The number of nitrogens with zero attached hydrogens (tertiary/aromatic N) is 3. The lowest BCUT2D eigenvalue weighted by molar-refractivity contribution is -0.0110. The first-order valence-corrected chi connectivity index (χ1v) is 14.2. The van der Waals surface area contributed by atoms with E-state index in [1.165, 1.54) is 37.8 Å². The maximum absolute atomic E-state index is 13.1. The van der Waals surface area contributed by atoms with Gasteiger partial charge in [-0.15, -0.1) is 0 Å². The molecule has 1 saturated heterocycles. The summed E-state index contributed by atoms with van der Waals surface area (Å²) < 4.78 is 0. The third-order valence-corrected chi connectivity index (χ3v) is 9.54. The first-order valence-electron chi connectivity index (χ1n) is 13.8. The van der Waals surface area contributed by atoms with Crippen LogP contribution in [-0.4, -0.2) is 48.1 Å². The molecule has 2 amide bonds. The fourth-order valence-corrected chi connectivity index (χ4v) is 7.87. The number of fused-ring (bicyclic) bond motifs is 1. The second-order valence-electron chi connectivity index (χ2n) is 11.6. The van der Waals surface area contributed by atoms with Crippen LogP contribution < -0.4 is 15.5 Å². The smallest absolute Gasteiger partial charge is 0.317 e. The molecule has 1 aliphatic heterocycles. The number of halogens is 1. The molecule has 5 aliphatic rings. The molecule has 192 valence electrons. The summed E-state index contributed by atoms with van der Waals surface area (Å²) in [7, 11) is 0. The summed E-state index contributed by atoms with van der Waals surface area (Å²) >= 11 is 6.13. The Morgan fingerprint density at radius 3 is 2.27 bits per heavy atom. The van der Waals surface area contributed by atoms with E-state index < -0.39 is 0 Å². The standard InChI is InChI=1S/C30H34ClN5O/c31-23-1-6-26-27(7-8-32-28(26)18-23)33-24-2-4-25(5-3-24)35-9-11-36(12-10-35)30(37)34-29-21-14-19-13-20(16-21)17-22(29)15-19/h1-8,18-22,29H,9-17H2,(H,32,33)(H,34,37). The summed E-state index contributed by atoms with van der Waals surface area (Å²) in [5.41, 5.74) is 4.10. The van der Waals surface area contributed by atoms with Crippen molar-refractivity contribution in [2.75, 3.05) is 36.4 Å². The molecule has 2 aromatic carbocycles. The first-order chi connectivity index (χ1) is 18.1. The molecule has 7 heteroatoms. The number of carbonyl (C=O) groups excluding carboxylic acids is 1. The number of amides is 2. The van der Waals surface area contributed by atoms with E-state index in [-0.39, 0.29) is 6.03 Å². The van der Waals surface area contributed by atoms with Crippen LogP contribution in [0.1, 0.15) is 32.1 Å². The number of piperazine rings is 1. The normalized spacial score (nSPS) is 28.5. The van der Waals surface area contributed by atoms with E-state index in [4.69, 9.17) is 11.6 Å². The molecule has 0 atom stereocenters. The van der Waals surface area contributed by atoms with Crippen molar-refractivity contribution in [3.63, 3.8) is 0 Å². The van der Waals surface area contributed by atoms with E-state index in [1.807, 2.05) is 29.2 Å². The molecule has 2 heterocycles. The molecule has 5 fully saturated rings. The van der Waals surface area contributed by atoms with Gasteiger partial charge in [-0.05, 0) is 104 Å². The van der Waals surface area contributed by atoms with Crippen molar-refractivity contribution >= 4 is 45.6 Å². The monoisotopic (exact) mass is 515 g/mol. The van der Waals surface area contributed by atoms with Crippen LogP contribution in [0.3, 0.4) is 0 Å². The molecule has 4 aliphatic carbocycles. The highest BCUT2D eigenvalue weighted by Crippen LogP contribution is 2.53. The average Bonchev–Trinajstić information content (AvgIpc) is 2.91. The molecule has 4 bridgehead atoms. The van der Waals surface area contributed by atoms with Gasteiger partial charge in [0.25, 0.3) is 0 Å². The van der Waals surface area contributed by atoms with Crippen LogP contribution >= 0.6 is 11.6 Å². The van der Waals surface area contributed by atoms with Crippen LogP contribution in [-0.2, 0) is 0 Å². The predicted molar refractivity (Wildman–Crippen MR) is 150 cm³/mol. The van der Waals surface area contributed by atoms with Crippen LogP contribution in [0, 0.1) is 23.7 Å². The van der Waals surface area contributed by atoms with Gasteiger partial charge in [-0.25, -0.2) is 4.79 Å². The Kier molecular flexibility index (Phi) is 5.88. The molecular weight excluding hydrogens is 482 g/mol. The van der Waals surface area contributed by atoms with Gasteiger partial charge in [0.05, 0.1) is 5.52 Å². The number of hydrogen-bond acceptors (Lipinski definition) is 4. The molecule has 6 nitrogen and oxygen atoms in total. The summed E-state index contributed by atoms with van der Waals surface area (Å²) in [4.78, 5) is 22.0. The Hall–Kier alpha value is -2.99. The molecule has 2 N–H and O–H groups in total. The number of urea groups is 1. The molecule has 3 aromatic rings. The SMILES string of the molecule is O=C(NC1C2CC3CC(C2)CC1C3)N1CCN(c2ccc(Nc3ccnc4cc(Cl)ccc34)cc2)CC1. The summed E-state index contributed by atoms with van der Waals surface area (Å²) in [6.07, 6.45) is 8.59. The lowest BCUT2D eigenvalue weighted by Crippen LogP contribution is -2.60. The van der Waals surface area contributed by atoms with E-state index in [9.17, 15) is 4.79 Å². The Morgan fingerprint density at radius 2 is 1.57 bits per heavy atom. The third-order valence-electron chi connectivity index (χ3n) is 9.30. The van der Waals surface area contributed by atoms with Gasteiger partial charge in [0.15, 0.2) is 0 Å². The van der Waals surface area contributed by atoms with Crippen molar-refractivity contribution in [2.45, 2.75) is 38.1 Å². The number of aromatic nitrogens is 1. The highest BCUT2D eigenvalue weighted by atomic mass is 35.5. The van der Waals surface area contributed by atoms with Crippen LogP contribution in [0.25, 0.3) is 10.9 Å². The van der Waals surface area contributed by atoms with Gasteiger partial charge in [0.1, 0.15) is 0 Å². The number of hydrogen-bond donors (Lipinski definition) is 2. The van der Waals surface area contributed by atoms with Crippen LogP contribution in [0.4, 0.5) is 21.9 Å². The zero-order valence-corrected chi connectivity index (χ0v) is 21.8. The topological polar surface area (TPSA) is 60.5 Å². The minimum absolute atomic E-state index is 0.155. The summed E-state index contributed by atoms with van der Waals surface area (Å²) in [5, 5.41) is 8.73. The highest BCUT2D eigenvalue weighted by molar-refractivity contribution is 6.31. The number of benzene rings is 2. The Balaban J connectivity index is 0.950. The van der Waals surface area contributed by atoms with E-state index in [1.54, 1.807) is 6.20 Å². The second-order valence-corrected chi connectivity index (χ2v) is 12.0. The van der Waals surface area contributed by atoms with Crippen LogP contribution in [0.5, 0.6) is 0 Å². The Labute approximate surface area is 223 Å². The highest BCUT2D eigenvalue weighted by Gasteiger charge is 2.48. The molecule has 8 rings (SSSR count). The van der Waals surface area contributed by atoms with Crippen molar-refractivity contribution in [2.24, 2.45) is 23.7 Å². The fourth-order valence-electron chi connectivity index (χ4n) is 7.70. The van der Waals surface area contributed by atoms with E-state index in [2.05, 4.69) is 44.8 Å². The van der Waals surface area contributed by atoms with E-state index in [0.717, 1.165) is 72.1 Å². The number of anilines is 3. The third kappa shape index (κ3) is 4.50. The molecular formula is C30H34ClN5O. The maximum Gasteiger partial charge on any atom is 0.317 e. The van der Waals surface area contributed by atoms with Gasteiger partial charge < -0.3 is 20.4 Å². The minimum atomic E-state index is 0.155. The number of carbonyl (C=O) groups is 1. The molecule has 0 radical (unpaired) electrons. The summed E-state index contributed by atoms with van der Waals surface area (Å²) in [6.45, 7) is 3.25. The van der Waals surface area contributed by atoms with Crippen molar-refractivity contribution < 1.29 is 4.79 Å². The van der Waals surface area contributed by atoms with Gasteiger partial charge in [-0.1, -0.05) is 11.6 Å². The van der Waals surface area contributed by atoms with Gasteiger partial charge >= 0.3 is 6.03 Å². The average molecular weight is 516 g/mol. The molecule has 0 spiro atoms. The summed E-state index contributed by atoms with van der Waals surface area (Å²) in [5.74, 6) is 3.31. The zero-order chi connectivity index (χ0) is 24.9. The van der Waals surface area contributed by atoms with Crippen molar-refractivity contribution in [1.29, 1.82) is 0 Å². The van der Waals surface area contributed by atoms with Crippen LogP contribution in [0.15, 0.2) is 54.7 Å². The van der Waals surface area contributed by atoms with E-state index >= 15 is 0 Å². The molecule has 1 aromatic heterocycles. The van der Waals surface area contributed by atoms with Crippen molar-refractivity contribution in [3.8, 4) is 0 Å². The Bertz CT molecular complexity index is 1280. The molecule has 4 saturated carbocycles. The molecule has 0 unspecified atom stereocenters. The fraction of sp³-hybridized carbons (Fsp3) is 0.467. The van der Waals surface area contributed by atoms with Crippen molar-refractivity contribution in [1.82, 2.24) is 15.2 Å². The largest absolute Gasteiger partial charge is 0.368 e. The van der Waals surface area contributed by atoms with Gasteiger partial charge in [0, 0.05) is 65.9 Å². The summed E-state index contributed by atoms with van der Waals surface area (Å²) in [6, 6.07) is 16.9. The second kappa shape index (κ2) is 9.39. The zero-order valence-electron chi connectivity index (χ0n) is 21.1. The quantitative estimate of drug-likeness (QED) is 0.429. The van der Waals surface area contributed by atoms with Gasteiger partial charge in [0.2, 0.25) is 0 Å². The van der Waals surface area contributed by atoms with Crippen molar-refractivity contribution in [3.05, 3.63) is 59.8 Å². The van der Waals surface area contributed by atoms with Crippen LogP contribution in [0.2, 0.25) is 5.02 Å². The van der Waals surface area contributed by atoms with Gasteiger partial charge in [-0.3, -0.25) is 4.98 Å². The van der Waals surface area contributed by atoms with Gasteiger partial charge in [-0.2, -0.15) is 0 Å². The minimum Gasteiger partial charge on any atom is -0.368 e. The number of nitrogens with one attached hydrogen (secondary N) is 2. The molecule has 37 heavy (non-hydrogen) atoms. The number of rotatable bonds is 4. The first kappa shape index (κ1) is 23.2. The Morgan fingerprint density at radius 1 is 0.865 bits per heavy atom. The maximum atomic E-state index is 13.1. The van der Waals surface area contributed by atoms with E-state index in [0.29, 0.717) is 11.1 Å².